The number of ether oxygens (including phenoxy) is 1. The third-order valence-electron chi connectivity index (χ3n) is 5.07. The van der Waals surface area contributed by atoms with Gasteiger partial charge < -0.3 is 14.7 Å². The Balaban J connectivity index is 1.75. The van der Waals surface area contributed by atoms with Crippen molar-refractivity contribution in [3.05, 3.63) is 36.2 Å². The summed E-state index contributed by atoms with van der Waals surface area (Å²) >= 11 is 0. The number of halogens is 2. The topological polar surface area (TPSA) is 75.5 Å². The van der Waals surface area contributed by atoms with Crippen LogP contribution in [0.2, 0.25) is 0 Å². The first-order valence-corrected chi connectivity index (χ1v) is 9.89. The second kappa shape index (κ2) is 9.62. The van der Waals surface area contributed by atoms with Crippen LogP contribution in [-0.4, -0.2) is 40.7 Å². The third-order valence-corrected chi connectivity index (χ3v) is 5.07. The summed E-state index contributed by atoms with van der Waals surface area (Å²) < 4.78 is 35.1. The highest BCUT2D eigenvalue weighted by Crippen LogP contribution is 2.32. The fraction of sp³-hybridized carbons (Fsp3) is 0.476. The van der Waals surface area contributed by atoms with Crippen LogP contribution in [0.5, 0.6) is 5.88 Å². The Hall–Kier alpha value is -2.77. The highest BCUT2D eigenvalue weighted by atomic mass is 19.1. The van der Waals surface area contributed by atoms with Crippen LogP contribution in [0.25, 0.3) is 11.3 Å². The first-order valence-electron chi connectivity index (χ1n) is 9.89. The van der Waals surface area contributed by atoms with E-state index in [0.29, 0.717) is 44.1 Å². The molecule has 0 unspecified atom stereocenters. The number of carbonyl (C=O) groups is 1. The number of carboxylic acids is 1. The summed E-state index contributed by atoms with van der Waals surface area (Å²) in [4.78, 5) is 20.8. The van der Waals surface area contributed by atoms with Gasteiger partial charge in [0.1, 0.15) is 17.3 Å². The summed E-state index contributed by atoms with van der Waals surface area (Å²) in [6, 6.07) is 2.50. The molecule has 0 amide bonds. The molecule has 2 aromatic rings. The van der Waals surface area contributed by atoms with Gasteiger partial charge in [0.25, 0.3) is 0 Å². The van der Waals surface area contributed by atoms with E-state index in [-0.39, 0.29) is 23.6 Å². The monoisotopic (exact) mass is 405 g/mol. The highest BCUT2D eigenvalue weighted by Gasteiger charge is 2.25. The van der Waals surface area contributed by atoms with Gasteiger partial charge in [0, 0.05) is 25.1 Å². The van der Waals surface area contributed by atoms with Crippen molar-refractivity contribution in [3.8, 4) is 17.1 Å². The number of carboxylic acid groups (broad SMARTS) is 1. The smallest absolute Gasteiger partial charge is 0.303 e. The van der Waals surface area contributed by atoms with Gasteiger partial charge in [-0.25, -0.2) is 13.8 Å². The second-order valence-corrected chi connectivity index (χ2v) is 7.26. The molecule has 2 heterocycles. The fourth-order valence-corrected chi connectivity index (χ4v) is 3.50. The van der Waals surface area contributed by atoms with Crippen molar-refractivity contribution < 1.29 is 23.4 Å². The lowest BCUT2D eigenvalue weighted by Crippen LogP contribution is -2.35. The van der Waals surface area contributed by atoms with Gasteiger partial charge in [0.05, 0.1) is 24.7 Å². The second-order valence-electron chi connectivity index (χ2n) is 7.26. The molecule has 1 N–H and O–H groups in total. The van der Waals surface area contributed by atoms with E-state index in [9.17, 15) is 13.6 Å². The van der Waals surface area contributed by atoms with Gasteiger partial charge >= 0.3 is 5.97 Å². The molecule has 0 bridgehead atoms. The Morgan fingerprint density at radius 1 is 1.24 bits per heavy atom. The van der Waals surface area contributed by atoms with E-state index in [2.05, 4.69) is 9.97 Å². The van der Waals surface area contributed by atoms with Gasteiger partial charge in [-0.3, -0.25) is 9.78 Å². The van der Waals surface area contributed by atoms with E-state index in [1.165, 1.54) is 24.5 Å². The van der Waals surface area contributed by atoms with E-state index in [1.54, 1.807) is 4.90 Å². The molecule has 1 aromatic heterocycles. The van der Waals surface area contributed by atoms with Gasteiger partial charge in [0.2, 0.25) is 5.88 Å². The molecule has 1 aliphatic heterocycles. The standard InChI is InChI=1S/C21H25F2N3O3/c1-2-3-8-29-19-13-24-12-18(25-19)15-10-16(22)21(17(23)11-15)26-6-4-14(5-7-26)9-20(27)28/h10-14H,2-9H2,1H3,(H,27,28). The molecule has 156 valence electrons. The van der Waals surface area contributed by atoms with E-state index < -0.39 is 17.6 Å². The molecule has 0 saturated carbocycles. The average molecular weight is 405 g/mol. The van der Waals surface area contributed by atoms with Gasteiger partial charge in [0.15, 0.2) is 0 Å². The number of aromatic nitrogens is 2. The third kappa shape index (κ3) is 5.40. The van der Waals surface area contributed by atoms with Gasteiger partial charge in [-0.2, -0.15) is 0 Å². The van der Waals surface area contributed by atoms with Crippen LogP contribution in [0.15, 0.2) is 24.5 Å². The van der Waals surface area contributed by atoms with Crippen LogP contribution in [0, 0.1) is 17.6 Å². The molecular weight excluding hydrogens is 380 g/mol. The molecule has 1 saturated heterocycles. The number of hydrogen-bond donors (Lipinski definition) is 1. The fourth-order valence-electron chi connectivity index (χ4n) is 3.50. The van der Waals surface area contributed by atoms with E-state index in [4.69, 9.17) is 9.84 Å². The van der Waals surface area contributed by atoms with Crippen molar-refractivity contribution >= 4 is 11.7 Å². The molecule has 29 heavy (non-hydrogen) atoms. The summed E-state index contributed by atoms with van der Waals surface area (Å²) in [5.41, 5.74) is 0.548. The maximum absolute atomic E-state index is 14.8. The largest absolute Gasteiger partial charge is 0.481 e. The molecule has 1 aliphatic rings. The van der Waals surface area contributed by atoms with Crippen LogP contribution >= 0.6 is 0 Å². The molecule has 0 radical (unpaired) electrons. The minimum Gasteiger partial charge on any atom is -0.481 e. The zero-order valence-electron chi connectivity index (χ0n) is 16.4. The zero-order chi connectivity index (χ0) is 20.8. The Morgan fingerprint density at radius 2 is 1.93 bits per heavy atom. The number of aliphatic carboxylic acids is 1. The normalized spacial score (nSPS) is 14.8. The average Bonchev–Trinajstić information content (AvgIpc) is 2.69. The quantitative estimate of drug-likeness (QED) is 0.661. The van der Waals surface area contributed by atoms with Gasteiger partial charge in [-0.05, 0) is 37.3 Å². The van der Waals surface area contributed by atoms with Crippen molar-refractivity contribution in [2.45, 2.75) is 39.0 Å². The van der Waals surface area contributed by atoms with Crippen molar-refractivity contribution in [1.29, 1.82) is 0 Å². The Labute approximate surface area is 168 Å². The number of rotatable bonds is 8. The maximum Gasteiger partial charge on any atom is 0.303 e. The molecule has 8 heteroatoms. The predicted octanol–water partition coefficient (Wildman–Crippen LogP) is 4.29. The minimum absolute atomic E-state index is 0.0415. The minimum atomic E-state index is -0.841. The highest BCUT2D eigenvalue weighted by molar-refractivity contribution is 5.67. The first-order chi connectivity index (χ1) is 14.0. The molecule has 1 fully saturated rings. The number of nitrogens with zero attached hydrogens (tertiary/aromatic N) is 3. The summed E-state index contributed by atoms with van der Waals surface area (Å²) in [6.07, 6.45) is 6.06. The van der Waals surface area contributed by atoms with Crippen molar-refractivity contribution in [1.82, 2.24) is 9.97 Å². The summed E-state index contributed by atoms with van der Waals surface area (Å²) in [6.45, 7) is 3.40. The summed E-state index contributed by atoms with van der Waals surface area (Å²) in [5.74, 6) is -1.82. The number of benzene rings is 1. The van der Waals surface area contributed by atoms with Crippen LogP contribution in [0.4, 0.5) is 14.5 Å². The molecule has 0 spiro atoms. The van der Waals surface area contributed by atoms with E-state index >= 15 is 0 Å². The van der Waals surface area contributed by atoms with Gasteiger partial charge in [-0.1, -0.05) is 13.3 Å². The zero-order valence-corrected chi connectivity index (χ0v) is 16.4. The summed E-state index contributed by atoms with van der Waals surface area (Å²) in [7, 11) is 0. The van der Waals surface area contributed by atoms with E-state index in [1.807, 2.05) is 6.92 Å². The molecular formula is C21H25F2N3O3. The van der Waals surface area contributed by atoms with Crippen molar-refractivity contribution in [3.63, 3.8) is 0 Å². The lowest BCUT2D eigenvalue weighted by atomic mass is 9.93. The van der Waals surface area contributed by atoms with Crippen molar-refractivity contribution in [2.24, 2.45) is 5.92 Å². The lowest BCUT2D eigenvalue weighted by molar-refractivity contribution is -0.138. The van der Waals surface area contributed by atoms with Gasteiger partial charge in [-0.15, -0.1) is 0 Å². The Morgan fingerprint density at radius 3 is 2.55 bits per heavy atom. The molecule has 6 nitrogen and oxygen atoms in total. The van der Waals surface area contributed by atoms with Crippen LogP contribution < -0.4 is 9.64 Å². The summed E-state index contributed by atoms with van der Waals surface area (Å²) in [5, 5.41) is 8.90. The number of anilines is 1. The number of piperidine rings is 1. The number of unbranched alkanes of at least 4 members (excludes halogenated alkanes) is 1. The molecule has 1 aromatic carbocycles. The molecule has 0 atom stereocenters. The molecule has 3 rings (SSSR count). The van der Waals surface area contributed by atoms with Crippen LogP contribution in [0.3, 0.4) is 0 Å². The number of hydrogen-bond acceptors (Lipinski definition) is 5. The Bertz CT molecular complexity index is 832. The van der Waals surface area contributed by atoms with Crippen molar-refractivity contribution in [2.75, 3.05) is 24.6 Å². The lowest BCUT2D eigenvalue weighted by Gasteiger charge is -2.33. The first kappa shape index (κ1) is 21.0. The van der Waals surface area contributed by atoms with Crippen LogP contribution in [0.1, 0.15) is 39.0 Å². The SMILES string of the molecule is CCCCOc1cncc(-c2cc(F)c(N3CCC(CC(=O)O)CC3)c(F)c2)n1. The maximum atomic E-state index is 14.8. The Kier molecular flexibility index (Phi) is 6.95. The van der Waals surface area contributed by atoms with Crippen LogP contribution in [-0.2, 0) is 4.79 Å². The molecule has 0 aliphatic carbocycles. The predicted molar refractivity (Wildman–Crippen MR) is 105 cm³/mol. The van der Waals surface area contributed by atoms with E-state index in [0.717, 1.165) is 12.8 Å².